The Morgan fingerprint density at radius 3 is 2.45 bits per heavy atom. The van der Waals surface area contributed by atoms with Gasteiger partial charge in [-0.1, -0.05) is 6.07 Å². The van der Waals surface area contributed by atoms with Crippen LogP contribution < -0.4 is 14.4 Å². The summed E-state index contributed by atoms with van der Waals surface area (Å²) in [4.78, 5) is 27.0. The maximum Gasteiger partial charge on any atom is 0.293 e. The van der Waals surface area contributed by atoms with Gasteiger partial charge in [0.05, 0.1) is 4.92 Å². The average molecular weight is 397 g/mol. The highest BCUT2D eigenvalue weighted by molar-refractivity contribution is 5.95. The van der Waals surface area contributed by atoms with Gasteiger partial charge in [-0.3, -0.25) is 19.8 Å². The van der Waals surface area contributed by atoms with E-state index in [9.17, 15) is 14.9 Å². The van der Waals surface area contributed by atoms with Gasteiger partial charge in [-0.15, -0.1) is 0 Å². The molecule has 2 aromatic carbocycles. The number of hydrogen-bond donors (Lipinski definition) is 0. The normalized spacial score (nSPS) is 16.5. The Bertz CT molecular complexity index is 938. The second-order valence-corrected chi connectivity index (χ2v) is 7.26. The van der Waals surface area contributed by atoms with Crippen LogP contribution in [0.2, 0.25) is 0 Å². The highest BCUT2D eigenvalue weighted by Crippen LogP contribution is 2.32. The van der Waals surface area contributed by atoms with Crippen molar-refractivity contribution in [2.75, 3.05) is 44.3 Å². The second-order valence-electron chi connectivity index (χ2n) is 7.26. The molecule has 2 aliphatic heterocycles. The number of rotatable bonds is 5. The van der Waals surface area contributed by atoms with Gasteiger partial charge in [-0.05, 0) is 36.8 Å². The first-order valence-electron chi connectivity index (χ1n) is 9.66. The van der Waals surface area contributed by atoms with Crippen LogP contribution in [0.5, 0.6) is 11.5 Å². The number of hydrogen-bond acceptors (Lipinski definition) is 7. The standard InChI is InChI=1S/C21H23N3O5/c1-15(25)17-3-4-18(19(13-17)24(26)27)23-8-6-22(7-9-23)14-16-2-5-20-21(12-16)29-11-10-28-20/h2-5,12-13H,6-11,14H2,1H3. The minimum Gasteiger partial charge on any atom is -0.486 e. The summed E-state index contributed by atoms with van der Waals surface area (Å²) in [5, 5.41) is 11.5. The Labute approximate surface area is 168 Å². The molecule has 2 aromatic rings. The first-order valence-corrected chi connectivity index (χ1v) is 9.66. The van der Waals surface area contributed by atoms with E-state index >= 15 is 0 Å². The van der Waals surface area contributed by atoms with Gasteiger partial charge in [0, 0.05) is 44.4 Å². The number of piperazine rings is 1. The molecule has 2 heterocycles. The van der Waals surface area contributed by atoms with Crippen molar-refractivity contribution in [3.05, 3.63) is 57.6 Å². The first-order chi connectivity index (χ1) is 14.0. The van der Waals surface area contributed by atoms with Gasteiger partial charge < -0.3 is 14.4 Å². The molecular weight excluding hydrogens is 374 g/mol. The molecule has 0 atom stereocenters. The Balaban J connectivity index is 1.42. The largest absolute Gasteiger partial charge is 0.486 e. The van der Waals surface area contributed by atoms with Crippen LogP contribution >= 0.6 is 0 Å². The van der Waals surface area contributed by atoms with Gasteiger partial charge in [-0.2, -0.15) is 0 Å². The monoisotopic (exact) mass is 397 g/mol. The third kappa shape index (κ3) is 4.17. The zero-order valence-electron chi connectivity index (χ0n) is 16.3. The van der Waals surface area contributed by atoms with E-state index in [0.29, 0.717) is 37.6 Å². The van der Waals surface area contributed by atoms with Gasteiger partial charge in [0.1, 0.15) is 18.9 Å². The first kappa shape index (κ1) is 19.2. The number of ketones is 1. The molecule has 0 amide bonds. The topological polar surface area (TPSA) is 85.2 Å². The van der Waals surface area contributed by atoms with E-state index in [-0.39, 0.29) is 11.5 Å². The number of nitro groups is 1. The number of anilines is 1. The SMILES string of the molecule is CC(=O)c1ccc(N2CCN(Cc3ccc4c(c3)OCCO4)CC2)c([N+](=O)[O-])c1. The molecule has 2 aliphatic rings. The van der Waals surface area contributed by atoms with Gasteiger partial charge in [-0.25, -0.2) is 0 Å². The Morgan fingerprint density at radius 2 is 1.76 bits per heavy atom. The Hall–Kier alpha value is -3.13. The minimum absolute atomic E-state index is 0.0158. The van der Waals surface area contributed by atoms with Gasteiger partial charge in [0.2, 0.25) is 0 Å². The summed E-state index contributed by atoms with van der Waals surface area (Å²) in [6.07, 6.45) is 0. The van der Waals surface area contributed by atoms with E-state index < -0.39 is 4.92 Å². The lowest BCUT2D eigenvalue weighted by Crippen LogP contribution is -2.46. The quantitative estimate of drug-likeness (QED) is 0.436. The van der Waals surface area contributed by atoms with Crippen molar-refractivity contribution >= 4 is 17.2 Å². The number of fused-ring (bicyclic) bond motifs is 1. The minimum atomic E-state index is -0.413. The fraction of sp³-hybridized carbons (Fsp3) is 0.381. The summed E-state index contributed by atoms with van der Waals surface area (Å²) in [6.45, 7) is 6.30. The lowest BCUT2D eigenvalue weighted by Gasteiger charge is -2.36. The molecule has 0 aliphatic carbocycles. The number of nitro benzene ring substituents is 1. The molecule has 8 nitrogen and oxygen atoms in total. The van der Waals surface area contributed by atoms with Gasteiger partial charge in [0.25, 0.3) is 5.69 Å². The molecule has 0 radical (unpaired) electrons. The third-order valence-electron chi connectivity index (χ3n) is 5.30. The summed E-state index contributed by atoms with van der Waals surface area (Å²) >= 11 is 0. The van der Waals surface area contributed by atoms with E-state index in [0.717, 1.165) is 36.7 Å². The smallest absolute Gasteiger partial charge is 0.293 e. The fourth-order valence-electron chi connectivity index (χ4n) is 3.75. The second kappa shape index (κ2) is 8.08. The summed E-state index contributed by atoms with van der Waals surface area (Å²) in [5.74, 6) is 1.39. The predicted molar refractivity (Wildman–Crippen MR) is 108 cm³/mol. The van der Waals surface area contributed by atoms with Crippen molar-refractivity contribution in [1.82, 2.24) is 4.90 Å². The molecule has 1 saturated heterocycles. The van der Waals surface area contributed by atoms with Crippen LogP contribution in [0.1, 0.15) is 22.8 Å². The number of benzene rings is 2. The maximum atomic E-state index is 11.6. The summed E-state index contributed by atoms with van der Waals surface area (Å²) in [6, 6.07) is 10.7. The van der Waals surface area contributed by atoms with Crippen molar-refractivity contribution in [3.63, 3.8) is 0 Å². The summed E-state index contributed by atoms with van der Waals surface area (Å²) in [7, 11) is 0. The summed E-state index contributed by atoms with van der Waals surface area (Å²) in [5.41, 5.74) is 2.06. The number of nitrogens with zero attached hydrogens (tertiary/aromatic N) is 3. The van der Waals surface area contributed by atoms with E-state index in [2.05, 4.69) is 4.90 Å². The van der Waals surface area contributed by atoms with Crippen LogP contribution in [0, 0.1) is 10.1 Å². The van der Waals surface area contributed by atoms with E-state index in [4.69, 9.17) is 9.47 Å². The van der Waals surface area contributed by atoms with E-state index in [1.807, 2.05) is 23.1 Å². The van der Waals surface area contributed by atoms with Crippen molar-refractivity contribution in [2.45, 2.75) is 13.5 Å². The number of carbonyl (C=O) groups excluding carboxylic acids is 1. The van der Waals surface area contributed by atoms with Crippen molar-refractivity contribution in [1.29, 1.82) is 0 Å². The molecule has 0 N–H and O–H groups in total. The predicted octanol–water partition coefficient (Wildman–Crippen LogP) is 2.89. The zero-order chi connectivity index (χ0) is 20.4. The molecule has 0 saturated carbocycles. The van der Waals surface area contributed by atoms with Crippen LogP contribution in [-0.4, -0.2) is 55.0 Å². The van der Waals surface area contributed by atoms with Gasteiger partial charge >= 0.3 is 0 Å². The zero-order valence-corrected chi connectivity index (χ0v) is 16.3. The maximum absolute atomic E-state index is 11.6. The van der Waals surface area contributed by atoms with E-state index in [1.54, 1.807) is 12.1 Å². The number of ether oxygens (including phenoxy) is 2. The molecule has 29 heavy (non-hydrogen) atoms. The molecule has 0 bridgehead atoms. The number of carbonyl (C=O) groups is 1. The molecule has 0 spiro atoms. The number of Topliss-reactive ketones (excluding diaryl/α,β-unsaturated/α-hetero) is 1. The molecular formula is C21H23N3O5. The highest BCUT2D eigenvalue weighted by Gasteiger charge is 2.25. The van der Waals surface area contributed by atoms with Crippen molar-refractivity contribution < 1.29 is 19.2 Å². The third-order valence-corrected chi connectivity index (χ3v) is 5.30. The lowest BCUT2D eigenvalue weighted by molar-refractivity contribution is -0.384. The molecule has 8 heteroatoms. The Morgan fingerprint density at radius 1 is 1.03 bits per heavy atom. The van der Waals surface area contributed by atoms with Crippen molar-refractivity contribution in [3.8, 4) is 11.5 Å². The Kier molecular flexibility index (Phi) is 5.35. The van der Waals surface area contributed by atoms with Crippen molar-refractivity contribution in [2.24, 2.45) is 0 Å². The van der Waals surface area contributed by atoms with E-state index in [1.165, 1.54) is 13.0 Å². The van der Waals surface area contributed by atoms with Crippen LogP contribution in [-0.2, 0) is 6.54 Å². The molecule has 152 valence electrons. The fourth-order valence-corrected chi connectivity index (χ4v) is 3.75. The van der Waals surface area contributed by atoms with Crippen LogP contribution in [0.4, 0.5) is 11.4 Å². The van der Waals surface area contributed by atoms with Crippen LogP contribution in [0.3, 0.4) is 0 Å². The molecule has 0 aromatic heterocycles. The average Bonchev–Trinajstić information content (AvgIpc) is 2.73. The van der Waals surface area contributed by atoms with Crippen LogP contribution in [0.25, 0.3) is 0 Å². The lowest BCUT2D eigenvalue weighted by atomic mass is 10.1. The highest BCUT2D eigenvalue weighted by atomic mass is 16.6. The summed E-state index contributed by atoms with van der Waals surface area (Å²) < 4.78 is 11.2. The van der Waals surface area contributed by atoms with Crippen LogP contribution in [0.15, 0.2) is 36.4 Å². The molecule has 0 unspecified atom stereocenters. The van der Waals surface area contributed by atoms with Gasteiger partial charge in [0.15, 0.2) is 17.3 Å². The molecule has 1 fully saturated rings. The molecule has 4 rings (SSSR count).